The van der Waals surface area contributed by atoms with Gasteiger partial charge in [-0.15, -0.1) is 10.2 Å². The van der Waals surface area contributed by atoms with Crippen molar-refractivity contribution in [2.75, 3.05) is 11.1 Å². The highest BCUT2D eigenvalue weighted by molar-refractivity contribution is 7.99. The summed E-state index contributed by atoms with van der Waals surface area (Å²) >= 11 is 7.30. The zero-order valence-corrected chi connectivity index (χ0v) is 18.5. The second-order valence-corrected chi connectivity index (χ2v) is 7.96. The topological polar surface area (TPSA) is 69.0 Å². The number of rotatable bonds is 8. The standard InChI is InChI=1S/C21H22ClFN4O2S/c1-4-27-18(11-29-17-9-8-15(23)10-16(17)22)25-26-21(27)30-12-19(28)24-20-13(2)6-5-7-14(20)3/h5-10H,4,11-12H2,1-3H3,(H,24,28). The number of hydrogen-bond acceptors (Lipinski definition) is 5. The van der Waals surface area contributed by atoms with Crippen LogP contribution < -0.4 is 10.1 Å². The number of halogens is 2. The Kier molecular flexibility index (Phi) is 7.33. The normalized spacial score (nSPS) is 10.8. The molecule has 0 fully saturated rings. The number of nitrogens with one attached hydrogen (secondary N) is 1. The summed E-state index contributed by atoms with van der Waals surface area (Å²) in [5.74, 6) is 0.624. The molecule has 9 heteroatoms. The van der Waals surface area contributed by atoms with Gasteiger partial charge in [0.1, 0.15) is 18.2 Å². The third kappa shape index (κ3) is 5.31. The van der Waals surface area contributed by atoms with E-state index in [1.165, 1.54) is 30.0 Å². The maximum Gasteiger partial charge on any atom is 0.234 e. The molecule has 0 atom stereocenters. The smallest absolute Gasteiger partial charge is 0.234 e. The molecule has 1 heterocycles. The van der Waals surface area contributed by atoms with E-state index >= 15 is 0 Å². The Bertz CT molecular complexity index is 1040. The summed E-state index contributed by atoms with van der Waals surface area (Å²) in [6, 6.07) is 9.82. The summed E-state index contributed by atoms with van der Waals surface area (Å²) in [6.45, 7) is 6.62. The highest BCUT2D eigenvalue weighted by atomic mass is 35.5. The Hall–Kier alpha value is -2.58. The second-order valence-electron chi connectivity index (χ2n) is 6.61. The van der Waals surface area contributed by atoms with E-state index in [-0.39, 0.29) is 23.3 Å². The van der Waals surface area contributed by atoms with Crippen molar-refractivity contribution in [3.63, 3.8) is 0 Å². The molecule has 0 radical (unpaired) electrons. The lowest BCUT2D eigenvalue weighted by atomic mass is 10.1. The minimum atomic E-state index is -0.429. The fourth-order valence-corrected chi connectivity index (χ4v) is 3.95. The highest BCUT2D eigenvalue weighted by Gasteiger charge is 2.15. The van der Waals surface area contributed by atoms with Crippen LogP contribution in [0.15, 0.2) is 41.6 Å². The van der Waals surface area contributed by atoms with Gasteiger partial charge < -0.3 is 14.6 Å². The molecule has 0 unspecified atom stereocenters. The van der Waals surface area contributed by atoms with E-state index < -0.39 is 5.82 Å². The van der Waals surface area contributed by atoms with E-state index in [1.54, 1.807) is 0 Å². The summed E-state index contributed by atoms with van der Waals surface area (Å²) in [7, 11) is 0. The van der Waals surface area contributed by atoms with Crippen LogP contribution in [0.4, 0.5) is 10.1 Å². The summed E-state index contributed by atoms with van der Waals surface area (Å²) in [4.78, 5) is 12.4. The molecule has 30 heavy (non-hydrogen) atoms. The largest absolute Gasteiger partial charge is 0.484 e. The quantitative estimate of drug-likeness (QED) is 0.490. The van der Waals surface area contributed by atoms with Crippen molar-refractivity contribution in [2.45, 2.75) is 39.1 Å². The van der Waals surface area contributed by atoms with Gasteiger partial charge in [-0.1, -0.05) is 41.6 Å². The number of thioether (sulfide) groups is 1. The minimum absolute atomic E-state index is 0.112. The maximum absolute atomic E-state index is 13.2. The van der Waals surface area contributed by atoms with Gasteiger partial charge in [0.2, 0.25) is 5.91 Å². The number of hydrogen-bond donors (Lipinski definition) is 1. The number of aryl methyl sites for hydroxylation is 2. The summed E-state index contributed by atoms with van der Waals surface area (Å²) in [5, 5.41) is 12.1. The first-order chi connectivity index (χ1) is 14.4. The first-order valence-electron chi connectivity index (χ1n) is 9.37. The van der Waals surface area contributed by atoms with Crippen molar-refractivity contribution in [1.82, 2.24) is 14.8 Å². The molecular formula is C21H22ClFN4O2S. The summed E-state index contributed by atoms with van der Waals surface area (Å²) in [5.41, 5.74) is 2.87. The van der Waals surface area contributed by atoms with E-state index in [4.69, 9.17) is 16.3 Å². The average Bonchev–Trinajstić information content (AvgIpc) is 3.10. The predicted molar refractivity (Wildman–Crippen MR) is 117 cm³/mol. The van der Waals surface area contributed by atoms with E-state index in [9.17, 15) is 9.18 Å². The monoisotopic (exact) mass is 448 g/mol. The van der Waals surface area contributed by atoms with E-state index in [0.717, 1.165) is 16.8 Å². The third-order valence-corrected chi connectivity index (χ3v) is 5.70. The Morgan fingerprint density at radius 1 is 1.23 bits per heavy atom. The lowest BCUT2D eigenvalue weighted by molar-refractivity contribution is -0.113. The molecule has 1 aromatic heterocycles. The van der Waals surface area contributed by atoms with Crippen molar-refractivity contribution in [3.05, 3.63) is 64.2 Å². The Morgan fingerprint density at radius 2 is 1.97 bits per heavy atom. The first-order valence-corrected chi connectivity index (χ1v) is 10.7. The molecule has 3 aromatic rings. The van der Waals surface area contributed by atoms with E-state index in [2.05, 4.69) is 15.5 Å². The fourth-order valence-electron chi connectivity index (χ4n) is 2.90. The number of carbonyl (C=O) groups excluding carboxylic acids is 1. The zero-order valence-electron chi connectivity index (χ0n) is 16.9. The van der Waals surface area contributed by atoms with Crippen LogP contribution in [0.2, 0.25) is 5.02 Å². The Balaban J connectivity index is 1.62. The van der Waals surface area contributed by atoms with Gasteiger partial charge in [-0.2, -0.15) is 0 Å². The van der Waals surface area contributed by atoms with Crippen molar-refractivity contribution >= 4 is 35.0 Å². The van der Waals surface area contributed by atoms with Crippen molar-refractivity contribution in [1.29, 1.82) is 0 Å². The molecule has 0 aliphatic heterocycles. The predicted octanol–water partition coefficient (Wildman–Crippen LogP) is 5.02. The number of nitrogens with zero attached hydrogens (tertiary/aromatic N) is 3. The SMILES string of the molecule is CCn1c(COc2ccc(F)cc2Cl)nnc1SCC(=O)Nc1c(C)cccc1C. The Morgan fingerprint density at radius 3 is 2.63 bits per heavy atom. The van der Waals surface area contributed by atoms with Crippen LogP contribution in [-0.2, 0) is 17.9 Å². The lowest BCUT2D eigenvalue weighted by Gasteiger charge is -2.12. The minimum Gasteiger partial charge on any atom is -0.484 e. The third-order valence-electron chi connectivity index (χ3n) is 4.44. The number of anilines is 1. The van der Waals surface area contributed by atoms with Gasteiger partial charge in [-0.3, -0.25) is 4.79 Å². The van der Waals surface area contributed by atoms with Crippen LogP contribution in [0.25, 0.3) is 0 Å². The highest BCUT2D eigenvalue weighted by Crippen LogP contribution is 2.26. The average molecular weight is 449 g/mol. The van der Waals surface area contributed by atoms with Gasteiger partial charge in [0.15, 0.2) is 11.0 Å². The number of benzene rings is 2. The van der Waals surface area contributed by atoms with Crippen LogP contribution in [0.1, 0.15) is 23.9 Å². The van der Waals surface area contributed by atoms with Gasteiger partial charge >= 0.3 is 0 Å². The molecule has 0 aliphatic carbocycles. The number of amides is 1. The van der Waals surface area contributed by atoms with Crippen molar-refractivity contribution < 1.29 is 13.9 Å². The first kappa shape index (κ1) is 22.1. The molecule has 2 aromatic carbocycles. The zero-order chi connectivity index (χ0) is 21.7. The second kappa shape index (κ2) is 9.95. The molecule has 158 valence electrons. The fraction of sp³-hybridized carbons (Fsp3) is 0.286. The number of aromatic nitrogens is 3. The van der Waals surface area contributed by atoms with Crippen LogP contribution in [0, 0.1) is 19.7 Å². The molecule has 0 bridgehead atoms. The molecule has 6 nitrogen and oxygen atoms in total. The summed E-state index contributed by atoms with van der Waals surface area (Å²) in [6.07, 6.45) is 0. The van der Waals surface area contributed by atoms with Crippen molar-refractivity contribution in [2.24, 2.45) is 0 Å². The molecular weight excluding hydrogens is 427 g/mol. The summed E-state index contributed by atoms with van der Waals surface area (Å²) < 4.78 is 20.7. The van der Waals surface area contributed by atoms with Gasteiger partial charge in [0.25, 0.3) is 0 Å². The van der Waals surface area contributed by atoms with E-state index in [0.29, 0.717) is 23.3 Å². The van der Waals surface area contributed by atoms with Crippen LogP contribution in [-0.4, -0.2) is 26.4 Å². The molecule has 0 aliphatic rings. The molecule has 1 amide bonds. The molecule has 0 saturated heterocycles. The number of carbonyl (C=O) groups is 1. The Labute approximate surface area is 183 Å². The van der Waals surface area contributed by atoms with Gasteiger partial charge in [-0.05, 0) is 50.1 Å². The van der Waals surface area contributed by atoms with Gasteiger partial charge in [0, 0.05) is 12.2 Å². The molecule has 1 N–H and O–H groups in total. The van der Waals surface area contributed by atoms with Crippen LogP contribution in [0.5, 0.6) is 5.75 Å². The van der Waals surface area contributed by atoms with Crippen LogP contribution in [0.3, 0.4) is 0 Å². The van der Waals surface area contributed by atoms with Crippen LogP contribution >= 0.6 is 23.4 Å². The number of ether oxygens (including phenoxy) is 1. The van der Waals surface area contributed by atoms with Crippen molar-refractivity contribution in [3.8, 4) is 5.75 Å². The van der Waals surface area contributed by atoms with Gasteiger partial charge in [0.05, 0.1) is 10.8 Å². The molecule has 0 saturated carbocycles. The molecule has 0 spiro atoms. The van der Waals surface area contributed by atoms with Gasteiger partial charge in [-0.25, -0.2) is 4.39 Å². The lowest BCUT2D eigenvalue weighted by Crippen LogP contribution is -2.16. The number of para-hydroxylation sites is 1. The molecule has 3 rings (SSSR count). The van der Waals surface area contributed by atoms with E-state index in [1.807, 2.05) is 43.5 Å². The maximum atomic E-state index is 13.2.